The molecule has 10 aromatic rings. The predicted octanol–water partition coefficient (Wildman–Crippen LogP) is 17.3. The average Bonchev–Trinajstić information content (AvgIpc) is 3.95. The molecular formula is C70H65N3O+2. The third kappa shape index (κ3) is 6.72. The monoisotopic (exact) mass is 965 g/mol. The molecule has 3 aliphatic heterocycles. The zero-order valence-corrected chi connectivity index (χ0v) is 44.6. The van der Waals surface area contributed by atoms with E-state index < -0.39 is 11.7 Å². The molecule has 3 aliphatic rings. The van der Waals surface area contributed by atoms with Crippen LogP contribution in [0.4, 0.5) is 0 Å². The Labute approximate surface area is 438 Å². The number of imidazole rings is 1. The molecule has 0 fully saturated rings. The van der Waals surface area contributed by atoms with E-state index in [0.717, 1.165) is 78.5 Å². The van der Waals surface area contributed by atoms with Crippen molar-refractivity contribution in [3.63, 3.8) is 0 Å². The summed E-state index contributed by atoms with van der Waals surface area (Å²) in [5, 5.41) is 0. The first-order valence-electron chi connectivity index (χ1n) is 27.0. The molecule has 74 heavy (non-hydrogen) atoms. The van der Waals surface area contributed by atoms with Crippen molar-refractivity contribution in [3.05, 3.63) is 216 Å². The van der Waals surface area contributed by atoms with Gasteiger partial charge in [-0.15, -0.1) is 9.13 Å². The Hall–Kier alpha value is -7.82. The molecule has 0 bridgehead atoms. The summed E-state index contributed by atoms with van der Waals surface area (Å²) in [6, 6.07) is 65.2. The first-order chi connectivity index (χ1) is 35.8. The fraction of sp³-hybridized carbons (Fsp3) is 0.229. The van der Waals surface area contributed by atoms with Gasteiger partial charge in [0.25, 0.3) is 0 Å². The summed E-state index contributed by atoms with van der Waals surface area (Å²) < 4.78 is 25.1. The van der Waals surface area contributed by atoms with Gasteiger partial charge < -0.3 is 4.74 Å². The maximum atomic E-state index is 9.32. The van der Waals surface area contributed by atoms with Crippen LogP contribution in [0.5, 0.6) is 5.75 Å². The van der Waals surface area contributed by atoms with Gasteiger partial charge in [-0.3, -0.25) is 0 Å². The van der Waals surface area contributed by atoms with Crippen molar-refractivity contribution in [3.8, 4) is 89.7 Å². The molecule has 13 rings (SSSR count). The number of aromatic nitrogens is 3. The number of aryl methyl sites for hydroxylation is 1. The van der Waals surface area contributed by atoms with E-state index in [1.54, 1.807) is 0 Å². The lowest BCUT2D eigenvalue weighted by atomic mass is 9.78. The summed E-state index contributed by atoms with van der Waals surface area (Å²) in [6.07, 6.45) is 2.29. The number of ether oxygens (including phenoxy) is 1. The van der Waals surface area contributed by atoms with Gasteiger partial charge in [-0.1, -0.05) is 191 Å². The van der Waals surface area contributed by atoms with E-state index in [2.05, 4.69) is 258 Å². The predicted molar refractivity (Wildman–Crippen MR) is 305 cm³/mol. The first-order valence-corrected chi connectivity index (χ1v) is 26.5. The largest absolute Gasteiger partial charge is 0.499 e. The van der Waals surface area contributed by atoms with Crippen molar-refractivity contribution < 1.29 is 15.2 Å². The minimum Gasteiger partial charge on any atom is -0.392 e. The van der Waals surface area contributed by atoms with Gasteiger partial charge in [0.15, 0.2) is 23.0 Å². The van der Waals surface area contributed by atoms with Gasteiger partial charge in [0, 0.05) is 30.2 Å². The van der Waals surface area contributed by atoms with Gasteiger partial charge in [0.2, 0.25) is 5.69 Å². The highest BCUT2D eigenvalue weighted by Crippen LogP contribution is 2.56. The molecule has 8 aromatic carbocycles. The van der Waals surface area contributed by atoms with Gasteiger partial charge in [0.05, 0.1) is 5.56 Å². The number of hydrogen-bond donors (Lipinski definition) is 0. The summed E-state index contributed by atoms with van der Waals surface area (Å²) in [7, 11) is 0. The standard InChI is InChI=1S/C70H65N3O/c1-42(2)53-24-18-25-54(43(3)4)63(53)50-32-33-60(44(5)36-50)72-61-27-19-26-55-56-37-51(46-22-16-13-17-23-46)38-57-62-39-49(48-30-28-47(29-31-48)45-20-14-12-15-21-45)34-35-71(62)70(64(56)57)73(65(55)61)67(72)58-40-52(68(6,7)8)41-59(66(58)74-70)69(9,10)11/h12-43H,1-11H3/q+2/i42D. The lowest BCUT2D eigenvalue weighted by molar-refractivity contribution is -0.997. The van der Waals surface area contributed by atoms with Crippen LogP contribution in [0.3, 0.4) is 0 Å². The molecule has 0 N–H and O–H groups in total. The Morgan fingerprint density at radius 1 is 0.541 bits per heavy atom. The second kappa shape index (κ2) is 16.3. The van der Waals surface area contributed by atoms with Crippen molar-refractivity contribution in [1.29, 1.82) is 0 Å². The van der Waals surface area contributed by atoms with E-state index >= 15 is 0 Å². The van der Waals surface area contributed by atoms with Gasteiger partial charge in [-0.2, -0.15) is 4.57 Å². The van der Waals surface area contributed by atoms with Crippen molar-refractivity contribution in [2.45, 2.75) is 105 Å². The van der Waals surface area contributed by atoms with E-state index in [0.29, 0.717) is 0 Å². The highest BCUT2D eigenvalue weighted by molar-refractivity contribution is 5.99. The fourth-order valence-corrected chi connectivity index (χ4v) is 12.5. The number of pyridine rings is 1. The Morgan fingerprint density at radius 3 is 1.81 bits per heavy atom. The maximum Gasteiger partial charge on any atom is 0.499 e. The highest BCUT2D eigenvalue weighted by Gasteiger charge is 2.69. The van der Waals surface area contributed by atoms with Crippen molar-refractivity contribution >= 4 is 11.0 Å². The number of hydrogen-bond acceptors (Lipinski definition) is 1. The van der Waals surface area contributed by atoms with Crippen molar-refractivity contribution in [2.24, 2.45) is 0 Å². The number of rotatable bonds is 7. The van der Waals surface area contributed by atoms with E-state index in [4.69, 9.17) is 4.74 Å². The van der Waals surface area contributed by atoms with E-state index in [-0.39, 0.29) is 16.7 Å². The molecule has 1 atom stereocenters. The Kier molecular flexibility index (Phi) is 9.90. The molecule has 0 saturated carbocycles. The molecule has 1 spiro atoms. The van der Waals surface area contributed by atoms with Crippen LogP contribution in [0, 0.1) is 6.92 Å². The van der Waals surface area contributed by atoms with Crippen LogP contribution < -0.4 is 13.9 Å². The summed E-state index contributed by atoms with van der Waals surface area (Å²) in [5.74, 6) is 0.377. The Balaban J connectivity index is 1.14. The summed E-state index contributed by atoms with van der Waals surface area (Å²) >= 11 is 0. The van der Waals surface area contributed by atoms with E-state index in [1.165, 1.54) is 55.6 Å². The minimum absolute atomic E-state index is 0.142. The number of nitrogens with zero attached hydrogens (tertiary/aromatic N) is 3. The normalized spacial score (nSPS) is 15.4. The second-order valence-corrected chi connectivity index (χ2v) is 23.6. The molecular weight excluding hydrogens is 899 g/mol. The first kappa shape index (κ1) is 44.8. The average molecular weight is 965 g/mol. The highest BCUT2D eigenvalue weighted by atomic mass is 16.5. The van der Waals surface area contributed by atoms with Crippen LogP contribution in [0.25, 0.3) is 95.0 Å². The van der Waals surface area contributed by atoms with Crippen LogP contribution in [-0.4, -0.2) is 4.57 Å². The molecule has 1 unspecified atom stereocenters. The van der Waals surface area contributed by atoms with Gasteiger partial charge in [-0.05, 0) is 139 Å². The quantitative estimate of drug-likeness (QED) is 0.146. The summed E-state index contributed by atoms with van der Waals surface area (Å²) in [4.78, 5) is 0. The molecule has 0 aliphatic carbocycles. The molecule has 0 amide bonds. The third-order valence-electron chi connectivity index (χ3n) is 16.2. The van der Waals surface area contributed by atoms with Crippen LogP contribution in [-0.2, 0) is 16.7 Å². The molecule has 5 heterocycles. The van der Waals surface area contributed by atoms with Crippen LogP contribution in [0.2, 0.25) is 0 Å². The topological polar surface area (TPSA) is 21.9 Å². The zero-order valence-electron chi connectivity index (χ0n) is 45.6. The van der Waals surface area contributed by atoms with Crippen LogP contribution in [0.15, 0.2) is 182 Å². The molecule has 2 aromatic heterocycles. The van der Waals surface area contributed by atoms with Crippen LogP contribution in [0.1, 0.15) is 116 Å². The van der Waals surface area contributed by atoms with Gasteiger partial charge >= 0.3 is 11.7 Å². The molecule has 364 valence electrons. The summed E-state index contributed by atoms with van der Waals surface area (Å²) in [5.41, 5.74) is 25.1. The fourth-order valence-electron chi connectivity index (χ4n) is 12.5. The molecule has 0 saturated heterocycles. The van der Waals surface area contributed by atoms with E-state index in [1.807, 2.05) is 13.8 Å². The smallest absolute Gasteiger partial charge is 0.392 e. The molecule has 4 heteroatoms. The second-order valence-electron chi connectivity index (χ2n) is 23.6. The Bertz CT molecular complexity index is 3990. The van der Waals surface area contributed by atoms with E-state index in [9.17, 15) is 1.37 Å². The minimum atomic E-state index is -1.13. The Morgan fingerprint density at radius 2 is 1.16 bits per heavy atom. The van der Waals surface area contributed by atoms with Gasteiger partial charge in [-0.25, -0.2) is 0 Å². The van der Waals surface area contributed by atoms with Crippen molar-refractivity contribution in [1.82, 2.24) is 4.57 Å². The third-order valence-corrected chi connectivity index (χ3v) is 16.2. The van der Waals surface area contributed by atoms with Crippen molar-refractivity contribution in [2.75, 3.05) is 0 Å². The molecule has 4 nitrogen and oxygen atoms in total. The molecule has 0 radical (unpaired) electrons. The number of para-hydroxylation sites is 1. The zero-order chi connectivity index (χ0) is 52.1. The van der Waals surface area contributed by atoms with Crippen LogP contribution >= 0.6 is 0 Å². The number of benzene rings is 8. The van der Waals surface area contributed by atoms with Gasteiger partial charge in [0.1, 0.15) is 16.8 Å². The lowest BCUT2D eigenvalue weighted by Crippen LogP contribution is -2.78. The summed E-state index contributed by atoms with van der Waals surface area (Å²) in [6.45, 7) is 24.8. The number of fused-ring (bicyclic) bond motifs is 5. The maximum absolute atomic E-state index is 9.32. The lowest BCUT2D eigenvalue weighted by Gasteiger charge is -2.36. The SMILES string of the molecule is [2H]C(C)(C)c1cccc(C(C)C)c1-c1ccc(-n2c3[n+]4c5c(cccc52)-c2cc(-c5ccccc5)cc5c2C4(Oc2c-3cc(C(C)(C)C)cc2C(C)(C)C)[n+]2ccc(-c3ccc(-c4ccccc4)cc3)cc2-5)c(C)c1.